The van der Waals surface area contributed by atoms with E-state index in [1.807, 2.05) is 12.1 Å². The number of hydrogen-bond acceptors (Lipinski definition) is 3. The van der Waals surface area contributed by atoms with E-state index in [-0.39, 0.29) is 5.41 Å². The van der Waals surface area contributed by atoms with Crippen molar-refractivity contribution in [3.8, 4) is 5.75 Å². The molecule has 1 N–H and O–H groups in total. The van der Waals surface area contributed by atoms with Crippen molar-refractivity contribution in [2.24, 2.45) is 5.41 Å². The lowest BCUT2D eigenvalue weighted by Gasteiger charge is -2.46. The van der Waals surface area contributed by atoms with Gasteiger partial charge in [0, 0.05) is 19.6 Å². The van der Waals surface area contributed by atoms with Gasteiger partial charge in [0.15, 0.2) is 0 Å². The van der Waals surface area contributed by atoms with Crippen LogP contribution in [0.25, 0.3) is 0 Å². The fraction of sp³-hybridized carbons (Fsp3) is 0.647. The number of ether oxygens (including phenoxy) is 1. The summed E-state index contributed by atoms with van der Waals surface area (Å²) in [5.41, 5.74) is 0.693. The Balaban J connectivity index is 1.94. The van der Waals surface area contributed by atoms with E-state index in [9.17, 15) is 5.11 Å². The fourth-order valence-corrected chi connectivity index (χ4v) is 2.86. The van der Waals surface area contributed by atoms with Crippen LogP contribution in [0.15, 0.2) is 24.3 Å². The average Bonchev–Trinajstić information content (AvgIpc) is 2.40. The highest BCUT2D eigenvalue weighted by atomic mass is 16.5. The minimum absolute atomic E-state index is 0.0466. The summed E-state index contributed by atoms with van der Waals surface area (Å²) in [5.74, 6) is 0.908. The second kappa shape index (κ2) is 5.74. The van der Waals surface area contributed by atoms with Crippen LogP contribution >= 0.6 is 0 Å². The zero-order valence-corrected chi connectivity index (χ0v) is 13.1. The third-order valence-corrected chi connectivity index (χ3v) is 4.62. The van der Waals surface area contributed by atoms with Crippen LogP contribution in [-0.2, 0) is 6.54 Å². The van der Waals surface area contributed by atoms with Crippen molar-refractivity contribution >= 4 is 0 Å². The minimum Gasteiger partial charge on any atom is -0.497 e. The molecule has 0 spiro atoms. The van der Waals surface area contributed by atoms with E-state index in [4.69, 9.17) is 4.74 Å². The number of nitrogens with zero attached hydrogens (tertiary/aromatic N) is 1. The van der Waals surface area contributed by atoms with Crippen LogP contribution in [0.3, 0.4) is 0 Å². The molecule has 0 aromatic heterocycles. The molecule has 20 heavy (non-hydrogen) atoms. The molecule has 3 heteroatoms. The Morgan fingerprint density at radius 3 is 2.45 bits per heavy atom. The highest BCUT2D eigenvalue weighted by molar-refractivity contribution is 5.28. The molecule has 1 aliphatic rings. The van der Waals surface area contributed by atoms with Gasteiger partial charge in [-0.05, 0) is 36.0 Å². The quantitative estimate of drug-likeness (QED) is 0.921. The third kappa shape index (κ3) is 3.33. The highest BCUT2D eigenvalue weighted by Gasteiger charge is 2.42. The van der Waals surface area contributed by atoms with Gasteiger partial charge in [-0.3, -0.25) is 4.90 Å². The van der Waals surface area contributed by atoms with E-state index >= 15 is 0 Å². The van der Waals surface area contributed by atoms with E-state index in [0.29, 0.717) is 0 Å². The summed E-state index contributed by atoms with van der Waals surface area (Å²) in [7, 11) is 1.70. The van der Waals surface area contributed by atoms with E-state index in [0.717, 1.165) is 38.2 Å². The van der Waals surface area contributed by atoms with Crippen molar-refractivity contribution in [2.45, 2.75) is 45.8 Å². The van der Waals surface area contributed by atoms with Gasteiger partial charge in [0.05, 0.1) is 12.7 Å². The first-order chi connectivity index (χ1) is 9.34. The number of methoxy groups -OCH3 is 1. The summed E-state index contributed by atoms with van der Waals surface area (Å²) in [6, 6.07) is 8.22. The van der Waals surface area contributed by atoms with E-state index in [1.54, 1.807) is 7.11 Å². The van der Waals surface area contributed by atoms with Crippen LogP contribution in [0.1, 0.15) is 39.2 Å². The van der Waals surface area contributed by atoms with Crippen molar-refractivity contribution in [1.29, 1.82) is 0 Å². The van der Waals surface area contributed by atoms with Crippen molar-refractivity contribution in [1.82, 2.24) is 4.90 Å². The monoisotopic (exact) mass is 277 g/mol. The normalized spacial score (nSPS) is 19.9. The molecule has 0 amide bonds. The van der Waals surface area contributed by atoms with E-state index < -0.39 is 5.60 Å². The molecule has 112 valence electrons. The summed E-state index contributed by atoms with van der Waals surface area (Å²) < 4.78 is 5.26. The summed E-state index contributed by atoms with van der Waals surface area (Å²) in [6.07, 6.45) is 1.70. The molecule has 2 rings (SSSR count). The van der Waals surface area contributed by atoms with Crippen molar-refractivity contribution in [3.05, 3.63) is 29.8 Å². The van der Waals surface area contributed by atoms with E-state index in [1.165, 1.54) is 5.56 Å². The molecule has 1 aliphatic heterocycles. The first-order valence-electron chi connectivity index (χ1n) is 7.42. The van der Waals surface area contributed by atoms with Crippen molar-refractivity contribution < 1.29 is 9.84 Å². The number of piperidine rings is 1. The fourth-order valence-electron chi connectivity index (χ4n) is 2.86. The minimum atomic E-state index is -0.530. The lowest BCUT2D eigenvalue weighted by atomic mass is 9.71. The van der Waals surface area contributed by atoms with Crippen LogP contribution in [-0.4, -0.2) is 35.8 Å². The van der Waals surface area contributed by atoms with Crippen molar-refractivity contribution in [2.75, 3.05) is 20.2 Å². The Kier molecular flexibility index (Phi) is 4.40. The molecule has 3 nitrogen and oxygen atoms in total. The highest BCUT2D eigenvalue weighted by Crippen LogP contribution is 2.38. The smallest absolute Gasteiger partial charge is 0.119 e. The van der Waals surface area contributed by atoms with E-state index in [2.05, 4.69) is 37.8 Å². The summed E-state index contributed by atoms with van der Waals surface area (Å²) in [5, 5.41) is 10.7. The van der Waals surface area contributed by atoms with Crippen molar-refractivity contribution in [3.63, 3.8) is 0 Å². The number of hydrogen-bond donors (Lipinski definition) is 1. The number of benzene rings is 1. The first-order valence-corrected chi connectivity index (χ1v) is 7.42. The number of rotatable bonds is 3. The molecule has 0 unspecified atom stereocenters. The summed E-state index contributed by atoms with van der Waals surface area (Å²) in [4.78, 5) is 2.41. The van der Waals surface area contributed by atoms with Gasteiger partial charge in [0.2, 0.25) is 0 Å². The lowest BCUT2D eigenvalue weighted by molar-refractivity contribution is -0.0999. The zero-order valence-electron chi connectivity index (χ0n) is 13.1. The van der Waals surface area contributed by atoms with Crippen LogP contribution in [0.4, 0.5) is 0 Å². The van der Waals surface area contributed by atoms with Gasteiger partial charge in [0.25, 0.3) is 0 Å². The second-order valence-corrected chi connectivity index (χ2v) is 6.91. The SMILES string of the molecule is COc1cccc(CN2CCC(O)(C(C)(C)C)CC2)c1. The average molecular weight is 277 g/mol. The molecule has 0 radical (unpaired) electrons. The summed E-state index contributed by atoms with van der Waals surface area (Å²) in [6.45, 7) is 9.22. The first kappa shape index (κ1) is 15.3. The van der Waals surface area contributed by atoms with Crippen LogP contribution in [0.5, 0.6) is 5.75 Å². The van der Waals surface area contributed by atoms with Gasteiger partial charge in [-0.1, -0.05) is 32.9 Å². The van der Waals surface area contributed by atoms with Gasteiger partial charge in [-0.25, -0.2) is 0 Å². The third-order valence-electron chi connectivity index (χ3n) is 4.62. The molecule has 1 aromatic carbocycles. The Hall–Kier alpha value is -1.06. The molecule has 0 aliphatic carbocycles. The number of aliphatic hydroxyl groups is 1. The number of likely N-dealkylation sites (tertiary alicyclic amines) is 1. The Labute approximate surface area is 122 Å². The molecule has 0 bridgehead atoms. The zero-order chi connectivity index (χ0) is 14.8. The molecular formula is C17H27NO2. The molecular weight excluding hydrogens is 250 g/mol. The standard InChI is InChI=1S/C17H27NO2/c1-16(2,3)17(19)8-10-18(11-9-17)13-14-6-5-7-15(12-14)20-4/h5-7,12,19H,8-11,13H2,1-4H3. The Bertz CT molecular complexity index is 443. The Morgan fingerprint density at radius 1 is 1.25 bits per heavy atom. The molecule has 0 saturated carbocycles. The predicted molar refractivity (Wildman–Crippen MR) is 81.9 cm³/mol. The van der Waals surface area contributed by atoms with Gasteiger partial charge >= 0.3 is 0 Å². The molecule has 1 saturated heterocycles. The van der Waals surface area contributed by atoms with Gasteiger partial charge in [-0.15, -0.1) is 0 Å². The maximum atomic E-state index is 10.7. The van der Waals surface area contributed by atoms with Crippen LogP contribution < -0.4 is 4.74 Å². The lowest BCUT2D eigenvalue weighted by Crippen LogP contribution is -2.51. The molecule has 1 heterocycles. The van der Waals surface area contributed by atoms with Gasteiger partial charge < -0.3 is 9.84 Å². The topological polar surface area (TPSA) is 32.7 Å². The van der Waals surface area contributed by atoms with Crippen LogP contribution in [0.2, 0.25) is 0 Å². The Morgan fingerprint density at radius 2 is 1.90 bits per heavy atom. The molecule has 1 fully saturated rings. The largest absolute Gasteiger partial charge is 0.497 e. The second-order valence-electron chi connectivity index (χ2n) is 6.91. The molecule has 0 atom stereocenters. The molecule has 1 aromatic rings. The van der Waals surface area contributed by atoms with Gasteiger partial charge in [0.1, 0.15) is 5.75 Å². The van der Waals surface area contributed by atoms with Gasteiger partial charge in [-0.2, -0.15) is 0 Å². The summed E-state index contributed by atoms with van der Waals surface area (Å²) >= 11 is 0. The predicted octanol–water partition coefficient (Wildman–Crippen LogP) is 3.07. The van der Waals surface area contributed by atoms with Crippen LogP contribution in [0, 0.1) is 5.41 Å². The maximum absolute atomic E-state index is 10.7. The maximum Gasteiger partial charge on any atom is 0.119 e.